The van der Waals surface area contributed by atoms with Gasteiger partial charge in [0.25, 0.3) is 0 Å². The fourth-order valence-electron chi connectivity index (χ4n) is 1.90. The summed E-state index contributed by atoms with van der Waals surface area (Å²) in [7, 11) is 1.64. The van der Waals surface area contributed by atoms with Crippen molar-refractivity contribution < 1.29 is 9.47 Å². The lowest BCUT2D eigenvalue weighted by atomic mass is 10.1. The standard InChI is InChI=1S/C16H18ClNO2/c1-11(18)12-7-8-16(14(17)9-12)20-10-13-5-3-4-6-15(13)19-2/h3-9,11H,10,18H2,1-2H3. The zero-order chi connectivity index (χ0) is 14.5. The molecule has 1 unspecified atom stereocenters. The molecule has 2 aromatic rings. The zero-order valence-corrected chi connectivity index (χ0v) is 12.4. The van der Waals surface area contributed by atoms with Crippen LogP contribution in [0.5, 0.6) is 11.5 Å². The van der Waals surface area contributed by atoms with Gasteiger partial charge < -0.3 is 15.2 Å². The number of methoxy groups -OCH3 is 1. The quantitative estimate of drug-likeness (QED) is 0.907. The molecule has 0 fully saturated rings. The van der Waals surface area contributed by atoms with Gasteiger partial charge in [0, 0.05) is 11.6 Å². The van der Waals surface area contributed by atoms with Gasteiger partial charge in [-0.25, -0.2) is 0 Å². The Balaban J connectivity index is 2.11. The Morgan fingerprint density at radius 1 is 1.15 bits per heavy atom. The van der Waals surface area contributed by atoms with Crippen LogP contribution in [0.15, 0.2) is 42.5 Å². The van der Waals surface area contributed by atoms with Crippen molar-refractivity contribution >= 4 is 11.6 Å². The molecular weight excluding hydrogens is 274 g/mol. The van der Waals surface area contributed by atoms with Crippen LogP contribution in [0, 0.1) is 0 Å². The van der Waals surface area contributed by atoms with E-state index in [4.69, 9.17) is 26.8 Å². The molecule has 1 atom stereocenters. The third-order valence-electron chi connectivity index (χ3n) is 3.06. The first-order chi connectivity index (χ1) is 9.61. The minimum atomic E-state index is -0.0456. The summed E-state index contributed by atoms with van der Waals surface area (Å²) >= 11 is 6.20. The molecule has 3 nitrogen and oxygen atoms in total. The zero-order valence-electron chi connectivity index (χ0n) is 11.6. The second kappa shape index (κ2) is 6.64. The molecule has 0 saturated carbocycles. The molecule has 0 aliphatic carbocycles. The van der Waals surface area contributed by atoms with E-state index in [9.17, 15) is 0 Å². The van der Waals surface area contributed by atoms with E-state index in [2.05, 4.69) is 0 Å². The van der Waals surface area contributed by atoms with E-state index >= 15 is 0 Å². The molecule has 0 aromatic heterocycles. The summed E-state index contributed by atoms with van der Waals surface area (Å²) in [5.74, 6) is 1.44. The van der Waals surface area contributed by atoms with Crippen molar-refractivity contribution in [3.05, 3.63) is 58.6 Å². The van der Waals surface area contributed by atoms with Crippen LogP contribution in [0.1, 0.15) is 24.1 Å². The highest BCUT2D eigenvalue weighted by Crippen LogP contribution is 2.29. The van der Waals surface area contributed by atoms with Crippen LogP contribution in [-0.2, 0) is 6.61 Å². The molecular formula is C16H18ClNO2. The second-order valence-corrected chi connectivity index (χ2v) is 4.99. The van der Waals surface area contributed by atoms with Crippen molar-refractivity contribution in [2.75, 3.05) is 7.11 Å². The Morgan fingerprint density at radius 3 is 2.55 bits per heavy atom. The van der Waals surface area contributed by atoms with Gasteiger partial charge in [-0.3, -0.25) is 0 Å². The number of hydrogen-bond acceptors (Lipinski definition) is 3. The number of ether oxygens (including phenoxy) is 2. The van der Waals surface area contributed by atoms with Crippen molar-refractivity contribution in [1.29, 1.82) is 0 Å². The molecule has 106 valence electrons. The largest absolute Gasteiger partial charge is 0.496 e. The highest BCUT2D eigenvalue weighted by molar-refractivity contribution is 6.32. The summed E-state index contributed by atoms with van der Waals surface area (Å²) in [6.45, 7) is 2.32. The number of para-hydroxylation sites is 1. The van der Waals surface area contributed by atoms with E-state index in [0.717, 1.165) is 16.9 Å². The molecule has 0 spiro atoms. The van der Waals surface area contributed by atoms with E-state index in [0.29, 0.717) is 17.4 Å². The highest BCUT2D eigenvalue weighted by Gasteiger charge is 2.08. The number of benzene rings is 2. The Hall–Kier alpha value is -1.71. The van der Waals surface area contributed by atoms with Crippen molar-refractivity contribution in [1.82, 2.24) is 0 Å². The van der Waals surface area contributed by atoms with Crippen LogP contribution < -0.4 is 15.2 Å². The van der Waals surface area contributed by atoms with Gasteiger partial charge in [-0.05, 0) is 30.7 Å². The predicted molar refractivity (Wildman–Crippen MR) is 81.4 cm³/mol. The molecule has 0 heterocycles. The SMILES string of the molecule is COc1ccccc1COc1ccc(C(C)N)cc1Cl. The summed E-state index contributed by atoms with van der Waals surface area (Å²) in [4.78, 5) is 0. The molecule has 0 aliphatic heterocycles. The molecule has 0 bridgehead atoms. The minimum absolute atomic E-state index is 0.0456. The van der Waals surface area contributed by atoms with Crippen molar-refractivity contribution in [3.8, 4) is 11.5 Å². The molecule has 0 saturated heterocycles. The Bertz CT molecular complexity index is 584. The summed E-state index contributed by atoms with van der Waals surface area (Å²) < 4.78 is 11.0. The highest BCUT2D eigenvalue weighted by atomic mass is 35.5. The number of nitrogens with two attached hydrogens (primary N) is 1. The molecule has 4 heteroatoms. The Kier molecular flexibility index (Phi) is 4.88. The van der Waals surface area contributed by atoms with Crippen LogP contribution in [0.25, 0.3) is 0 Å². The van der Waals surface area contributed by atoms with Gasteiger partial charge in [-0.1, -0.05) is 35.9 Å². The van der Waals surface area contributed by atoms with Gasteiger partial charge in [-0.2, -0.15) is 0 Å². The van der Waals surface area contributed by atoms with Crippen molar-refractivity contribution in [3.63, 3.8) is 0 Å². The first-order valence-electron chi connectivity index (χ1n) is 6.41. The van der Waals surface area contributed by atoms with E-state index < -0.39 is 0 Å². The first-order valence-corrected chi connectivity index (χ1v) is 6.79. The molecule has 2 aromatic carbocycles. The first kappa shape index (κ1) is 14.7. The summed E-state index contributed by atoms with van der Waals surface area (Å²) in [5, 5.41) is 0.565. The van der Waals surface area contributed by atoms with Gasteiger partial charge in [0.15, 0.2) is 0 Å². The van der Waals surface area contributed by atoms with Crippen LogP contribution in [-0.4, -0.2) is 7.11 Å². The third-order valence-corrected chi connectivity index (χ3v) is 3.35. The average Bonchev–Trinajstić information content (AvgIpc) is 2.46. The summed E-state index contributed by atoms with van der Waals surface area (Å²) in [6.07, 6.45) is 0. The topological polar surface area (TPSA) is 44.5 Å². The van der Waals surface area contributed by atoms with Gasteiger partial charge >= 0.3 is 0 Å². The molecule has 2 rings (SSSR count). The van der Waals surface area contributed by atoms with Crippen molar-refractivity contribution in [2.24, 2.45) is 5.73 Å². The maximum absolute atomic E-state index is 6.20. The smallest absolute Gasteiger partial charge is 0.138 e. The second-order valence-electron chi connectivity index (χ2n) is 4.58. The molecule has 2 N–H and O–H groups in total. The van der Waals surface area contributed by atoms with Gasteiger partial charge in [-0.15, -0.1) is 0 Å². The lowest BCUT2D eigenvalue weighted by Gasteiger charge is -2.13. The molecule has 0 aliphatic rings. The summed E-state index contributed by atoms with van der Waals surface area (Å²) in [5.41, 5.74) is 7.78. The van der Waals surface area contributed by atoms with Crippen LogP contribution in [0.4, 0.5) is 0 Å². The lowest BCUT2D eigenvalue weighted by Crippen LogP contribution is -2.05. The average molecular weight is 292 g/mol. The molecule has 0 amide bonds. The van der Waals surface area contributed by atoms with Crippen LogP contribution >= 0.6 is 11.6 Å². The maximum atomic E-state index is 6.20. The number of rotatable bonds is 5. The van der Waals surface area contributed by atoms with Gasteiger partial charge in [0.2, 0.25) is 0 Å². The Labute approximate surface area is 124 Å². The third kappa shape index (κ3) is 3.44. The van der Waals surface area contributed by atoms with Gasteiger partial charge in [0.1, 0.15) is 18.1 Å². The number of halogens is 1. The molecule has 0 radical (unpaired) electrons. The van der Waals surface area contributed by atoms with E-state index in [1.54, 1.807) is 7.11 Å². The van der Waals surface area contributed by atoms with Crippen LogP contribution in [0.2, 0.25) is 5.02 Å². The monoisotopic (exact) mass is 291 g/mol. The van der Waals surface area contributed by atoms with E-state index in [1.807, 2.05) is 49.4 Å². The van der Waals surface area contributed by atoms with E-state index in [-0.39, 0.29) is 6.04 Å². The normalized spacial score (nSPS) is 12.0. The lowest BCUT2D eigenvalue weighted by molar-refractivity contribution is 0.297. The fraction of sp³-hybridized carbons (Fsp3) is 0.250. The Morgan fingerprint density at radius 2 is 1.90 bits per heavy atom. The maximum Gasteiger partial charge on any atom is 0.138 e. The minimum Gasteiger partial charge on any atom is -0.496 e. The van der Waals surface area contributed by atoms with Crippen LogP contribution in [0.3, 0.4) is 0 Å². The fourth-order valence-corrected chi connectivity index (χ4v) is 2.14. The van der Waals surface area contributed by atoms with E-state index in [1.165, 1.54) is 0 Å². The summed E-state index contributed by atoms with van der Waals surface area (Å²) in [6, 6.07) is 13.3. The molecule has 20 heavy (non-hydrogen) atoms. The predicted octanol–water partition coefficient (Wildman–Crippen LogP) is 3.95. The van der Waals surface area contributed by atoms with Crippen molar-refractivity contribution in [2.45, 2.75) is 19.6 Å². The number of hydrogen-bond donors (Lipinski definition) is 1. The van der Waals surface area contributed by atoms with Gasteiger partial charge in [0.05, 0.1) is 12.1 Å².